The van der Waals surface area contributed by atoms with Crippen LogP contribution in [0.25, 0.3) is 0 Å². The lowest BCUT2D eigenvalue weighted by atomic mass is 9.97. The summed E-state index contributed by atoms with van der Waals surface area (Å²) in [5, 5.41) is 0. The number of nitrogens with zero attached hydrogens (tertiary/aromatic N) is 2. The predicted molar refractivity (Wildman–Crippen MR) is 62.7 cm³/mol. The van der Waals surface area contributed by atoms with Crippen molar-refractivity contribution in [3.63, 3.8) is 0 Å². The first kappa shape index (κ1) is 9.97. The van der Waals surface area contributed by atoms with E-state index in [0.717, 1.165) is 16.2 Å². The summed E-state index contributed by atoms with van der Waals surface area (Å²) in [5.74, 6) is 2.00. The van der Waals surface area contributed by atoms with Crippen molar-refractivity contribution in [2.24, 2.45) is 5.92 Å². The fourth-order valence-corrected chi connectivity index (χ4v) is 1.93. The van der Waals surface area contributed by atoms with Crippen LogP contribution in [-0.4, -0.2) is 18.1 Å². The lowest BCUT2D eigenvalue weighted by Crippen LogP contribution is -2.46. The van der Waals surface area contributed by atoms with Crippen LogP contribution in [-0.2, 0) is 0 Å². The minimum Gasteiger partial charge on any atom is -0.356 e. The van der Waals surface area contributed by atoms with E-state index in [9.17, 15) is 0 Å². The quantitative estimate of drug-likeness (QED) is 0.807. The molecule has 1 fully saturated rings. The van der Waals surface area contributed by atoms with Crippen LogP contribution in [0.5, 0.6) is 0 Å². The van der Waals surface area contributed by atoms with Gasteiger partial charge in [-0.3, -0.25) is 0 Å². The van der Waals surface area contributed by atoms with Crippen LogP contribution in [0.1, 0.15) is 18.9 Å². The van der Waals surface area contributed by atoms with Gasteiger partial charge >= 0.3 is 0 Å². The van der Waals surface area contributed by atoms with Gasteiger partial charge < -0.3 is 4.90 Å². The second-order valence-corrected chi connectivity index (χ2v) is 4.83. The van der Waals surface area contributed by atoms with Crippen molar-refractivity contribution in [2.75, 3.05) is 18.0 Å². The van der Waals surface area contributed by atoms with Gasteiger partial charge in [0.1, 0.15) is 5.82 Å². The van der Waals surface area contributed by atoms with Crippen LogP contribution in [0.15, 0.2) is 16.7 Å². The molecule has 0 radical (unpaired) electrons. The maximum absolute atomic E-state index is 4.41. The second kappa shape index (κ2) is 3.89. The van der Waals surface area contributed by atoms with E-state index in [1.807, 2.05) is 6.20 Å². The van der Waals surface area contributed by atoms with E-state index in [1.165, 1.54) is 25.1 Å². The number of pyridine rings is 1. The topological polar surface area (TPSA) is 16.1 Å². The summed E-state index contributed by atoms with van der Waals surface area (Å²) in [7, 11) is 0. The van der Waals surface area contributed by atoms with Crippen LogP contribution in [0.3, 0.4) is 0 Å². The number of halogens is 1. The summed E-state index contributed by atoms with van der Waals surface area (Å²) in [6.45, 7) is 6.70. The molecular formula is C11H15BrN2. The van der Waals surface area contributed by atoms with Gasteiger partial charge in [-0.1, -0.05) is 6.92 Å². The summed E-state index contributed by atoms with van der Waals surface area (Å²) in [4.78, 5) is 6.75. The summed E-state index contributed by atoms with van der Waals surface area (Å²) < 4.78 is 1.09. The highest BCUT2D eigenvalue weighted by atomic mass is 79.9. The number of aryl methyl sites for hydroxylation is 1. The fourth-order valence-electron chi connectivity index (χ4n) is 1.71. The van der Waals surface area contributed by atoms with Gasteiger partial charge in [-0.25, -0.2) is 4.98 Å². The maximum atomic E-state index is 4.41. The van der Waals surface area contributed by atoms with Crippen molar-refractivity contribution < 1.29 is 0 Å². The van der Waals surface area contributed by atoms with Gasteiger partial charge in [0.15, 0.2) is 0 Å². The van der Waals surface area contributed by atoms with Crippen molar-refractivity contribution in [1.29, 1.82) is 0 Å². The molecule has 2 heterocycles. The highest BCUT2D eigenvalue weighted by Crippen LogP contribution is 2.27. The Morgan fingerprint density at radius 1 is 1.57 bits per heavy atom. The van der Waals surface area contributed by atoms with Crippen molar-refractivity contribution in [3.05, 3.63) is 22.3 Å². The van der Waals surface area contributed by atoms with E-state index in [1.54, 1.807) is 0 Å². The zero-order valence-corrected chi connectivity index (χ0v) is 10.2. The summed E-state index contributed by atoms with van der Waals surface area (Å²) in [5.41, 5.74) is 1.26. The van der Waals surface area contributed by atoms with Crippen LogP contribution >= 0.6 is 15.9 Å². The molecule has 0 saturated carbocycles. The van der Waals surface area contributed by atoms with Crippen LogP contribution in [0.2, 0.25) is 0 Å². The minimum absolute atomic E-state index is 0.876. The molecule has 1 aromatic rings. The molecule has 3 heteroatoms. The number of hydrogen-bond acceptors (Lipinski definition) is 2. The zero-order valence-electron chi connectivity index (χ0n) is 8.63. The normalized spacial score (nSPS) is 16.9. The van der Waals surface area contributed by atoms with E-state index in [4.69, 9.17) is 0 Å². The molecule has 0 aromatic carbocycles. The van der Waals surface area contributed by atoms with Crippen LogP contribution in [0, 0.1) is 12.8 Å². The largest absolute Gasteiger partial charge is 0.356 e. The van der Waals surface area contributed by atoms with Gasteiger partial charge in [0.25, 0.3) is 0 Å². The zero-order chi connectivity index (χ0) is 10.1. The number of anilines is 1. The third kappa shape index (κ3) is 1.78. The first-order valence-electron chi connectivity index (χ1n) is 5.07. The van der Waals surface area contributed by atoms with Gasteiger partial charge in [0.05, 0.1) is 0 Å². The minimum atomic E-state index is 0.876. The first-order valence-corrected chi connectivity index (χ1v) is 5.87. The molecule has 0 bridgehead atoms. The molecule has 14 heavy (non-hydrogen) atoms. The predicted octanol–water partition coefficient (Wildman–Crippen LogP) is 3.00. The molecule has 76 valence electrons. The maximum Gasteiger partial charge on any atom is 0.128 e. The van der Waals surface area contributed by atoms with Crippen molar-refractivity contribution >= 4 is 21.7 Å². The summed E-state index contributed by atoms with van der Waals surface area (Å²) in [6, 6.07) is 2.15. The Morgan fingerprint density at radius 2 is 2.29 bits per heavy atom. The Hall–Kier alpha value is -0.570. The van der Waals surface area contributed by atoms with E-state index in [0.29, 0.717) is 0 Å². The Bertz CT molecular complexity index is 332. The summed E-state index contributed by atoms with van der Waals surface area (Å²) >= 11 is 3.46. The smallest absolute Gasteiger partial charge is 0.128 e. The lowest BCUT2D eigenvalue weighted by Gasteiger charge is -2.39. The number of rotatable bonds is 2. The molecule has 0 unspecified atom stereocenters. The molecule has 1 aliphatic heterocycles. The SMILES string of the molecule is CCC1CN(c2cc(C)c(Br)cn2)C1. The molecule has 0 amide bonds. The van der Waals surface area contributed by atoms with Crippen LogP contribution < -0.4 is 4.90 Å². The standard InChI is InChI=1S/C11H15BrN2/c1-3-9-6-14(7-9)11-4-8(2)10(12)5-13-11/h4-5,9H,3,6-7H2,1-2H3. The molecule has 0 aliphatic carbocycles. The van der Waals surface area contributed by atoms with Gasteiger partial charge in [0, 0.05) is 23.8 Å². The van der Waals surface area contributed by atoms with Gasteiger partial charge in [-0.15, -0.1) is 0 Å². The molecule has 1 saturated heterocycles. The van der Waals surface area contributed by atoms with Crippen molar-refractivity contribution in [2.45, 2.75) is 20.3 Å². The average Bonchev–Trinajstić information content (AvgIpc) is 2.09. The van der Waals surface area contributed by atoms with E-state index < -0.39 is 0 Å². The molecule has 1 aromatic heterocycles. The molecular weight excluding hydrogens is 240 g/mol. The van der Waals surface area contributed by atoms with Crippen molar-refractivity contribution in [3.8, 4) is 0 Å². The first-order chi connectivity index (χ1) is 6.70. The highest BCUT2D eigenvalue weighted by Gasteiger charge is 2.25. The Kier molecular flexibility index (Phi) is 2.77. The average molecular weight is 255 g/mol. The monoisotopic (exact) mass is 254 g/mol. The Balaban J connectivity index is 2.08. The molecule has 0 N–H and O–H groups in total. The van der Waals surface area contributed by atoms with Crippen LogP contribution in [0.4, 0.5) is 5.82 Å². The Morgan fingerprint density at radius 3 is 2.86 bits per heavy atom. The number of hydrogen-bond donors (Lipinski definition) is 0. The van der Waals surface area contributed by atoms with Gasteiger partial charge in [0.2, 0.25) is 0 Å². The second-order valence-electron chi connectivity index (χ2n) is 3.97. The number of aromatic nitrogens is 1. The molecule has 2 nitrogen and oxygen atoms in total. The molecule has 0 atom stereocenters. The van der Waals surface area contributed by atoms with Gasteiger partial charge in [-0.05, 0) is 46.8 Å². The third-order valence-electron chi connectivity index (χ3n) is 2.89. The molecule has 2 rings (SSSR count). The molecule has 0 spiro atoms. The lowest BCUT2D eigenvalue weighted by molar-refractivity contribution is 0.396. The Labute approximate surface area is 93.5 Å². The van der Waals surface area contributed by atoms with E-state index in [2.05, 4.69) is 45.7 Å². The van der Waals surface area contributed by atoms with Gasteiger partial charge in [-0.2, -0.15) is 0 Å². The fraction of sp³-hybridized carbons (Fsp3) is 0.545. The summed E-state index contributed by atoms with van der Waals surface area (Å²) in [6.07, 6.45) is 3.18. The third-order valence-corrected chi connectivity index (χ3v) is 3.72. The van der Waals surface area contributed by atoms with Crippen molar-refractivity contribution in [1.82, 2.24) is 4.98 Å². The molecule has 1 aliphatic rings. The highest BCUT2D eigenvalue weighted by molar-refractivity contribution is 9.10. The van der Waals surface area contributed by atoms with E-state index in [-0.39, 0.29) is 0 Å². The van der Waals surface area contributed by atoms with E-state index >= 15 is 0 Å².